The molecule has 26 heavy (non-hydrogen) atoms. The number of urea groups is 1. The molecule has 0 aliphatic rings. The lowest BCUT2D eigenvalue weighted by atomic mass is 10.1. The van der Waals surface area contributed by atoms with Crippen molar-refractivity contribution in [3.8, 4) is 5.69 Å². The first-order valence-corrected chi connectivity index (χ1v) is 8.59. The van der Waals surface area contributed by atoms with Crippen LogP contribution in [0.5, 0.6) is 0 Å². The largest absolute Gasteiger partial charge is 0.335 e. The summed E-state index contributed by atoms with van der Waals surface area (Å²) in [7, 11) is 0. The third kappa shape index (κ3) is 4.30. The Hall–Kier alpha value is -3.09. The van der Waals surface area contributed by atoms with Crippen LogP contribution in [0.1, 0.15) is 23.7 Å². The van der Waals surface area contributed by atoms with Gasteiger partial charge in [-0.2, -0.15) is 5.10 Å². The van der Waals surface area contributed by atoms with Crippen molar-refractivity contribution in [2.45, 2.75) is 40.3 Å². The summed E-state index contributed by atoms with van der Waals surface area (Å²) in [6.45, 7) is 8.60. The molecule has 0 aliphatic carbocycles. The Balaban J connectivity index is 1.72. The van der Waals surface area contributed by atoms with Gasteiger partial charge in [-0.05, 0) is 51.0 Å². The van der Waals surface area contributed by atoms with Gasteiger partial charge in [0, 0.05) is 31.0 Å². The zero-order valence-electron chi connectivity index (χ0n) is 15.5. The van der Waals surface area contributed by atoms with E-state index < -0.39 is 0 Å². The molecule has 2 heterocycles. The van der Waals surface area contributed by atoms with Gasteiger partial charge in [0.25, 0.3) is 0 Å². The van der Waals surface area contributed by atoms with Gasteiger partial charge < -0.3 is 9.88 Å². The Morgan fingerprint density at radius 3 is 2.54 bits per heavy atom. The minimum atomic E-state index is -0.261. The summed E-state index contributed by atoms with van der Waals surface area (Å²) in [5.41, 5.74) is 4.07. The average Bonchev–Trinajstić information content (AvgIpc) is 3.15. The van der Waals surface area contributed by atoms with Crippen LogP contribution in [0.4, 0.5) is 10.6 Å². The van der Waals surface area contributed by atoms with Crippen molar-refractivity contribution in [2.24, 2.45) is 0 Å². The second-order valence-corrected chi connectivity index (χ2v) is 6.69. The summed E-state index contributed by atoms with van der Waals surface area (Å²) in [5.74, 6) is 0.639. The Bertz CT molecular complexity index is 877. The van der Waals surface area contributed by atoms with Crippen LogP contribution < -0.4 is 10.6 Å². The van der Waals surface area contributed by atoms with Crippen molar-refractivity contribution in [3.63, 3.8) is 0 Å². The fourth-order valence-corrected chi connectivity index (χ4v) is 2.99. The predicted octanol–water partition coefficient (Wildman–Crippen LogP) is 3.20. The molecule has 3 aromatic rings. The van der Waals surface area contributed by atoms with Crippen LogP contribution >= 0.6 is 0 Å². The van der Waals surface area contributed by atoms with Crippen LogP contribution in [0.25, 0.3) is 5.69 Å². The Labute approximate surface area is 153 Å². The van der Waals surface area contributed by atoms with Crippen LogP contribution in [-0.4, -0.2) is 31.4 Å². The van der Waals surface area contributed by atoms with E-state index in [9.17, 15) is 4.79 Å². The number of nitrogens with one attached hydrogen (secondary N) is 2. The normalized spacial score (nSPS) is 12.0. The molecular weight excluding hydrogens is 328 g/mol. The number of aryl methyl sites for hydroxylation is 3. The number of benzene rings is 1. The van der Waals surface area contributed by atoms with Crippen molar-refractivity contribution in [1.29, 1.82) is 0 Å². The Morgan fingerprint density at radius 2 is 1.88 bits per heavy atom. The molecule has 0 bridgehead atoms. The highest BCUT2D eigenvalue weighted by atomic mass is 16.2. The molecule has 2 amide bonds. The number of aromatic nitrogens is 4. The highest BCUT2D eigenvalue weighted by Gasteiger charge is 2.13. The Morgan fingerprint density at radius 1 is 1.15 bits per heavy atom. The monoisotopic (exact) mass is 352 g/mol. The molecule has 0 spiro atoms. The van der Waals surface area contributed by atoms with Gasteiger partial charge in [-0.25, -0.2) is 14.5 Å². The van der Waals surface area contributed by atoms with Crippen molar-refractivity contribution >= 4 is 11.8 Å². The number of carbonyl (C=O) groups excluding carboxylic acids is 1. The predicted molar refractivity (Wildman–Crippen MR) is 102 cm³/mol. The van der Waals surface area contributed by atoms with Crippen molar-refractivity contribution in [3.05, 3.63) is 59.8 Å². The van der Waals surface area contributed by atoms with E-state index in [1.54, 1.807) is 17.2 Å². The molecule has 0 saturated heterocycles. The maximum atomic E-state index is 12.4. The second-order valence-electron chi connectivity index (χ2n) is 6.69. The minimum absolute atomic E-state index is 0.0390. The summed E-state index contributed by atoms with van der Waals surface area (Å²) >= 11 is 0. The van der Waals surface area contributed by atoms with E-state index >= 15 is 0 Å². The maximum Gasteiger partial charge on any atom is 0.320 e. The summed E-state index contributed by atoms with van der Waals surface area (Å²) in [6.07, 6.45) is 5.32. The smallest absolute Gasteiger partial charge is 0.320 e. The van der Waals surface area contributed by atoms with E-state index in [0.717, 1.165) is 22.5 Å². The minimum Gasteiger partial charge on any atom is -0.335 e. The van der Waals surface area contributed by atoms with Gasteiger partial charge in [-0.15, -0.1) is 0 Å². The molecule has 0 saturated carbocycles. The third-order valence-electron chi connectivity index (χ3n) is 3.95. The van der Waals surface area contributed by atoms with Gasteiger partial charge in [-0.1, -0.05) is 6.07 Å². The van der Waals surface area contributed by atoms with Gasteiger partial charge in [0.05, 0.1) is 17.7 Å². The molecule has 0 aliphatic heterocycles. The lowest BCUT2D eigenvalue weighted by Crippen LogP contribution is -2.38. The molecule has 2 aromatic heterocycles. The zero-order chi connectivity index (χ0) is 18.7. The van der Waals surface area contributed by atoms with Gasteiger partial charge in [0.15, 0.2) is 0 Å². The number of rotatable bonds is 5. The lowest BCUT2D eigenvalue weighted by Gasteiger charge is -2.16. The highest BCUT2D eigenvalue weighted by molar-refractivity contribution is 5.88. The van der Waals surface area contributed by atoms with Crippen LogP contribution in [0.3, 0.4) is 0 Å². The van der Waals surface area contributed by atoms with Crippen LogP contribution in [-0.2, 0) is 6.54 Å². The zero-order valence-corrected chi connectivity index (χ0v) is 15.5. The fraction of sp³-hybridized carbons (Fsp3) is 0.316. The summed E-state index contributed by atoms with van der Waals surface area (Å²) in [5, 5.41) is 10.4. The molecular formula is C19H24N6O. The van der Waals surface area contributed by atoms with Gasteiger partial charge in [0.2, 0.25) is 0 Å². The van der Waals surface area contributed by atoms with E-state index in [-0.39, 0.29) is 12.1 Å². The van der Waals surface area contributed by atoms with Gasteiger partial charge >= 0.3 is 6.03 Å². The molecule has 0 fully saturated rings. The number of nitrogens with zero attached hydrogens (tertiary/aromatic N) is 4. The molecule has 7 nitrogen and oxygen atoms in total. The molecule has 3 rings (SSSR count). The lowest BCUT2D eigenvalue weighted by molar-refractivity contribution is 0.248. The first-order valence-electron chi connectivity index (χ1n) is 8.59. The molecule has 2 N–H and O–H groups in total. The van der Waals surface area contributed by atoms with Gasteiger partial charge in [-0.3, -0.25) is 5.32 Å². The Kier molecular flexibility index (Phi) is 5.06. The topological polar surface area (TPSA) is 76.8 Å². The molecule has 0 radical (unpaired) electrons. The average molecular weight is 352 g/mol. The van der Waals surface area contributed by atoms with E-state index in [4.69, 9.17) is 0 Å². The van der Waals surface area contributed by atoms with Crippen molar-refractivity contribution in [2.75, 3.05) is 5.32 Å². The first kappa shape index (κ1) is 17.7. The maximum absolute atomic E-state index is 12.4. The standard InChI is InChI=1S/C19H24N6O/c1-13-7-14(2)9-17(8-13)25-18(10-15(3)23-25)22-19(26)21-16(4)11-24-6-5-20-12-24/h5-10,12,16H,11H2,1-4H3,(H2,21,22,26)/t16-/m0/s1. The van der Waals surface area contributed by atoms with Crippen molar-refractivity contribution in [1.82, 2.24) is 24.6 Å². The number of amides is 2. The number of imidazole rings is 1. The quantitative estimate of drug-likeness (QED) is 0.740. The first-order chi connectivity index (χ1) is 12.4. The van der Waals surface area contributed by atoms with Crippen LogP contribution in [0.2, 0.25) is 0 Å². The van der Waals surface area contributed by atoms with Crippen LogP contribution in [0.15, 0.2) is 43.0 Å². The summed E-state index contributed by atoms with van der Waals surface area (Å²) < 4.78 is 3.68. The number of carbonyl (C=O) groups is 1. The fourth-order valence-electron chi connectivity index (χ4n) is 2.99. The summed E-state index contributed by atoms with van der Waals surface area (Å²) in [4.78, 5) is 16.4. The SMILES string of the molecule is Cc1cc(C)cc(-n2nc(C)cc2NC(=O)N[C@@H](C)Cn2ccnc2)c1. The number of anilines is 1. The molecule has 1 aromatic carbocycles. The molecule has 1 atom stereocenters. The van der Waals surface area contributed by atoms with E-state index in [0.29, 0.717) is 12.4 Å². The van der Waals surface area contributed by atoms with E-state index in [1.807, 2.05) is 56.7 Å². The van der Waals surface area contributed by atoms with Crippen molar-refractivity contribution < 1.29 is 4.79 Å². The molecule has 7 heteroatoms. The second kappa shape index (κ2) is 7.43. The van der Waals surface area contributed by atoms with E-state index in [2.05, 4.69) is 26.8 Å². The number of hydrogen-bond acceptors (Lipinski definition) is 3. The van der Waals surface area contributed by atoms with Crippen LogP contribution in [0, 0.1) is 20.8 Å². The number of hydrogen-bond donors (Lipinski definition) is 2. The molecule has 0 unspecified atom stereocenters. The van der Waals surface area contributed by atoms with E-state index in [1.165, 1.54) is 0 Å². The highest BCUT2D eigenvalue weighted by Crippen LogP contribution is 2.19. The van der Waals surface area contributed by atoms with Gasteiger partial charge in [0.1, 0.15) is 5.82 Å². The molecule has 136 valence electrons. The summed E-state index contributed by atoms with van der Waals surface area (Å²) in [6, 6.07) is 7.76. The third-order valence-corrected chi connectivity index (χ3v) is 3.95.